The average molecular weight is 487 g/mol. The molecule has 4 rings (SSSR count). The number of ether oxygens (including phenoxy) is 1. The molecule has 1 fully saturated rings. The summed E-state index contributed by atoms with van der Waals surface area (Å²) in [6.45, 7) is 3.95. The quantitative estimate of drug-likeness (QED) is 0.476. The van der Waals surface area contributed by atoms with E-state index in [1.54, 1.807) is 24.3 Å². The number of primary amides is 1. The van der Waals surface area contributed by atoms with Gasteiger partial charge in [-0.05, 0) is 24.6 Å². The van der Waals surface area contributed by atoms with Gasteiger partial charge in [0.25, 0.3) is 0 Å². The van der Waals surface area contributed by atoms with Crippen LogP contribution in [-0.4, -0.2) is 46.4 Å². The molecular weight excluding hydrogens is 467 g/mol. The third kappa shape index (κ3) is 5.21. The first kappa shape index (κ1) is 23.7. The van der Waals surface area contributed by atoms with Gasteiger partial charge >= 0.3 is 18.4 Å². The molecule has 1 atom stereocenters. The molecular formula is C23H20F3N5O4. The molecule has 12 heteroatoms. The van der Waals surface area contributed by atoms with Crippen LogP contribution in [0.3, 0.4) is 0 Å². The lowest BCUT2D eigenvalue weighted by molar-refractivity contribution is -0.274. The number of hydrogen-bond donors (Lipinski definition) is 3. The number of amides is 4. The van der Waals surface area contributed by atoms with E-state index in [1.807, 2.05) is 0 Å². The molecule has 4 N–H and O–H groups in total. The van der Waals surface area contributed by atoms with Crippen molar-refractivity contribution in [3.8, 4) is 5.75 Å². The molecule has 2 aromatic carbocycles. The van der Waals surface area contributed by atoms with Crippen molar-refractivity contribution in [3.63, 3.8) is 0 Å². The second-order valence-corrected chi connectivity index (χ2v) is 7.86. The van der Waals surface area contributed by atoms with Crippen LogP contribution in [0.1, 0.15) is 6.42 Å². The Bertz CT molecular complexity index is 1330. The number of fused-ring (bicyclic) bond motifs is 1. The SMILES string of the molecule is C=C1C[C@@H](C(=O)Nc2cccc(OC(F)(F)F)c2)N(C(=O)Nc2cn(C(N)=O)c3ccccc23)C1. The Kier molecular flexibility index (Phi) is 6.12. The Balaban J connectivity index is 1.52. The van der Waals surface area contributed by atoms with Crippen LogP contribution in [0, 0.1) is 0 Å². The lowest BCUT2D eigenvalue weighted by atomic mass is 10.1. The first-order valence-corrected chi connectivity index (χ1v) is 10.3. The second-order valence-electron chi connectivity index (χ2n) is 7.86. The number of alkyl halides is 3. The smallest absolute Gasteiger partial charge is 0.406 e. The summed E-state index contributed by atoms with van der Waals surface area (Å²) in [6.07, 6.45) is -3.32. The molecule has 1 aliphatic rings. The predicted octanol–water partition coefficient (Wildman–Crippen LogP) is 4.27. The van der Waals surface area contributed by atoms with E-state index in [-0.39, 0.29) is 18.7 Å². The van der Waals surface area contributed by atoms with E-state index in [0.717, 1.165) is 12.1 Å². The van der Waals surface area contributed by atoms with Gasteiger partial charge in [0.1, 0.15) is 11.8 Å². The molecule has 4 amide bonds. The van der Waals surface area contributed by atoms with E-state index in [2.05, 4.69) is 21.9 Å². The molecule has 35 heavy (non-hydrogen) atoms. The van der Waals surface area contributed by atoms with E-state index in [1.165, 1.54) is 27.8 Å². The molecule has 2 heterocycles. The summed E-state index contributed by atoms with van der Waals surface area (Å²) in [7, 11) is 0. The molecule has 9 nitrogen and oxygen atoms in total. The highest BCUT2D eigenvalue weighted by atomic mass is 19.4. The van der Waals surface area contributed by atoms with Crippen LogP contribution in [0.4, 0.5) is 34.1 Å². The number of para-hydroxylation sites is 1. The topological polar surface area (TPSA) is 119 Å². The maximum absolute atomic E-state index is 13.1. The van der Waals surface area contributed by atoms with Gasteiger partial charge in [-0.1, -0.05) is 36.4 Å². The minimum atomic E-state index is -4.88. The minimum Gasteiger partial charge on any atom is -0.406 e. The molecule has 1 aromatic heterocycles. The number of carbonyl (C=O) groups excluding carboxylic acids is 3. The first-order valence-electron chi connectivity index (χ1n) is 10.3. The zero-order valence-electron chi connectivity index (χ0n) is 18.1. The maximum atomic E-state index is 13.1. The van der Waals surface area contributed by atoms with Crippen molar-refractivity contribution in [1.82, 2.24) is 9.47 Å². The fourth-order valence-electron chi connectivity index (χ4n) is 3.89. The van der Waals surface area contributed by atoms with Crippen LogP contribution in [-0.2, 0) is 4.79 Å². The lowest BCUT2D eigenvalue weighted by Crippen LogP contribution is -2.45. The summed E-state index contributed by atoms with van der Waals surface area (Å²) in [5.41, 5.74) is 6.91. The Morgan fingerprint density at radius 2 is 1.83 bits per heavy atom. The summed E-state index contributed by atoms with van der Waals surface area (Å²) in [5.74, 6) is -1.10. The zero-order chi connectivity index (χ0) is 25.3. The molecule has 3 aromatic rings. The minimum absolute atomic E-state index is 0.0687. The van der Waals surface area contributed by atoms with Crippen LogP contribution in [0.5, 0.6) is 5.75 Å². The van der Waals surface area contributed by atoms with E-state index in [0.29, 0.717) is 22.2 Å². The maximum Gasteiger partial charge on any atom is 0.573 e. The molecule has 0 radical (unpaired) electrons. The molecule has 0 unspecified atom stereocenters. The van der Waals surface area contributed by atoms with Gasteiger partial charge < -0.3 is 26.0 Å². The Morgan fingerprint density at radius 1 is 1.09 bits per heavy atom. The number of benzene rings is 2. The van der Waals surface area contributed by atoms with Gasteiger partial charge in [0.15, 0.2) is 0 Å². The van der Waals surface area contributed by atoms with Crippen molar-refractivity contribution in [2.24, 2.45) is 5.73 Å². The van der Waals surface area contributed by atoms with Crippen LogP contribution in [0.2, 0.25) is 0 Å². The number of likely N-dealkylation sites (tertiary alicyclic amines) is 1. The van der Waals surface area contributed by atoms with Crippen molar-refractivity contribution in [3.05, 3.63) is 66.9 Å². The average Bonchev–Trinajstić information content (AvgIpc) is 3.34. The number of nitrogens with zero attached hydrogens (tertiary/aromatic N) is 2. The molecule has 0 aliphatic carbocycles. The monoisotopic (exact) mass is 487 g/mol. The Morgan fingerprint density at radius 3 is 2.54 bits per heavy atom. The number of nitrogens with one attached hydrogen (secondary N) is 2. The fourth-order valence-corrected chi connectivity index (χ4v) is 3.89. The van der Waals surface area contributed by atoms with Crippen LogP contribution in [0.15, 0.2) is 66.9 Å². The van der Waals surface area contributed by atoms with Gasteiger partial charge in [-0.2, -0.15) is 0 Å². The predicted molar refractivity (Wildman–Crippen MR) is 122 cm³/mol. The molecule has 1 saturated heterocycles. The second kappa shape index (κ2) is 9.05. The van der Waals surface area contributed by atoms with Gasteiger partial charge in [0.05, 0.1) is 11.2 Å². The van der Waals surface area contributed by atoms with E-state index in [9.17, 15) is 27.6 Å². The molecule has 182 valence electrons. The van der Waals surface area contributed by atoms with Crippen molar-refractivity contribution in [1.29, 1.82) is 0 Å². The third-order valence-corrected chi connectivity index (χ3v) is 5.34. The highest BCUT2D eigenvalue weighted by molar-refractivity contribution is 6.06. The lowest BCUT2D eigenvalue weighted by Gasteiger charge is -2.24. The van der Waals surface area contributed by atoms with Crippen LogP contribution in [0.25, 0.3) is 10.9 Å². The van der Waals surface area contributed by atoms with Crippen molar-refractivity contribution in [2.75, 3.05) is 17.2 Å². The summed E-state index contributed by atoms with van der Waals surface area (Å²) < 4.78 is 42.5. The summed E-state index contributed by atoms with van der Waals surface area (Å²) in [6, 6.07) is 9.32. The number of urea groups is 1. The molecule has 0 saturated carbocycles. The van der Waals surface area contributed by atoms with E-state index in [4.69, 9.17) is 5.73 Å². The number of nitrogens with two attached hydrogens (primary N) is 1. The summed E-state index contributed by atoms with van der Waals surface area (Å²) in [4.78, 5) is 39.0. The van der Waals surface area contributed by atoms with E-state index < -0.39 is 36.1 Å². The number of carbonyl (C=O) groups is 3. The number of aromatic nitrogens is 1. The number of halogens is 3. The number of anilines is 2. The summed E-state index contributed by atoms with van der Waals surface area (Å²) in [5, 5.41) is 5.78. The van der Waals surface area contributed by atoms with Gasteiger partial charge in [0, 0.05) is 29.9 Å². The molecule has 0 spiro atoms. The highest BCUT2D eigenvalue weighted by Gasteiger charge is 2.37. The highest BCUT2D eigenvalue weighted by Crippen LogP contribution is 2.29. The van der Waals surface area contributed by atoms with Gasteiger partial charge in [0.2, 0.25) is 5.91 Å². The van der Waals surface area contributed by atoms with Crippen molar-refractivity contribution < 1.29 is 32.3 Å². The first-order chi connectivity index (χ1) is 16.5. The Labute approximate surface area is 196 Å². The zero-order valence-corrected chi connectivity index (χ0v) is 18.1. The van der Waals surface area contributed by atoms with E-state index >= 15 is 0 Å². The summed E-state index contributed by atoms with van der Waals surface area (Å²) >= 11 is 0. The van der Waals surface area contributed by atoms with Gasteiger partial charge in [-0.3, -0.25) is 9.36 Å². The normalized spacial score (nSPS) is 15.8. The fraction of sp³-hybridized carbons (Fsp3) is 0.174. The van der Waals surface area contributed by atoms with Crippen LogP contribution < -0.4 is 21.1 Å². The third-order valence-electron chi connectivity index (χ3n) is 5.34. The van der Waals surface area contributed by atoms with Crippen molar-refractivity contribution in [2.45, 2.75) is 18.8 Å². The largest absolute Gasteiger partial charge is 0.573 e. The Hall–Kier alpha value is -4.48. The van der Waals surface area contributed by atoms with Gasteiger partial charge in [-0.15, -0.1) is 13.2 Å². The van der Waals surface area contributed by atoms with Crippen LogP contribution >= 0.6 is 0 Å². The molecule has 0 bridgehead atoms. The van der Waals surface area contributed by atoms with Gasteiger partial charge in [-0.25, -0.2) is 9.59 Å². The number of rotatable bonds is 4. The number of hydrogen-bond acceptors (Lipinski definition) is 4. The standard InChI is InChI=1S/C23H20F3N5O4/c1-13-9-19(20(32)28-14-5-4-6-15(10-14)35-23(24,25)26)31(11-13)22(34)29-17-12-30(21(27)33)18-8-3-2-7-16(17)18/h2-8,10,12,19H,1,9,11H2,(H2,27,33)(H,28,32)(H,29,34)/t19-/m0/s1. The van der Waals surface area contributed by atoms with Crippen molar-refractivity contribution >= 4 is 40.2 Å². The molecule has 1 aliphatic heterocycles.